The molecule has 1 heterocycles. The Morgan fingerprint density at radius 2 is 1.54 bits per heavy atom. The highest BCUT2D eigenvalue weighted by molar-refractivity contribution is 5.64. The average molecular weight is 397 g/mol. The summed E-state index contributed by atoms with van der Waals surface area (Å²) in [7, 11) is 1.51. The van der Waals surface area contributed by atoms with Crippen LogP contribution in [0.4, 0.5) is 24.7 Å². The summed E-state index contributed by atoms with van der Waals surface area (Å²) in [5.41, 5.74) is -1.53. The third-order valence-corrected chi connectivity index (χ3v) is 3.40. The van der Waals surface area contributed by atoms with Crippen molar-refractivity contribution in [2.24, 2.45) is 0 Å². The van der Waals surface area contributed by atoms with Crippen LogP contribution in [0, 0.1) is 0 Å². The summed E-state index contributed by atoms with van der Waals surface area (Å²) in [5.74, 6) is 0.250. The Morgan fingerprint density at radius 3 is 2.07 bits per heavy atom. The highest BCUT2D eigenvalue weighted by atomic mass is 19.4. The molecule has 5 nitrogen and oxygen atoms in total. The van der Waals surface area contributed by atoms with Gasteiger partial charge >= 0.3 is 12.2 Å². The number of anilines is 2. The van der Waals surface area contributed by atoms with Crippen molar-refractivity contribution >= 4 is 11.5 Å². The lowest BCUT2D eigenvalue weighted by Crippen LogP contribution is -2.26. The molecule has 0 aliphatic rings. The molecule has 1 aromatic heterocycles. The van der Waals surface area contributed by atoms with E-state index in [0.717, 1.165) is 6.20 Å². The lowest BCUT2D eigenvalue weighted by molar-refractivity contribution is -0.137. The van der Waals surface area contributed by atoms with E-state index in [9.17, 15) is 13.2 Å². The van der Waals surface area contributed by atoms with Crippen LogP contribution in [-0.4, -0.2) is 28.2 Å². The summed E-state index contributed by atoms with van der Waals surface area (Å²) in [5, 5.41) is 0. The van der Waals surface area contributed by atoms with Gasteiger partial charge in [0, 0.05) is 25.0 Å². The zero-order valence-electron chi connectivity index (χ0n) is 17.2. The van der Waals surface area contributed by atoms with Gasteiger partial charge in [0.15, 0.2) is 5.82 Å². The number of aromatic nitrogens is 2. The van der Waals surface area contributed by atoms with Gasteiger partial charge in [0.05, 0.1) is 0 Å². The summed E-state index contributed by atoms with van der Waals surface area (Å²) in [4.78, 5) is 9.11. The first-order valence-corrected chi connectivity index (χ1v) is 8.82. The largest absolute Gasteiger partial charge is 0.488 e. The number of alkyl halides is 3. The van der Waals surface area contributed by atoms with Gasteiger partial charge in [-0.15, -0.1) is 0 Å². The van der Waals surface area contributed by atoms with Gasteiger partial charge in [-0.05, 0) is 53.7 Å². The van der Waals surface area contributed by atoms with E-state index in [0.29, 0.717) is 11.4 Å². The summed E-state index contributed by atoms with van der Waals surface area (Å²) in [6.07, 6.45) is -3.86. The number of hydrogen-bond donors (Lipinski definition) is 0. The molecule has 0 bridgehead atoms. The SMILES string of the molecule is CN(c1cccc(OC(C)(C)C)c1)c1nc(OC(C)(C)C)ncc1C(F)(F)F. The maximum atomic E-state index is 13.5. The van der Waals surface area contributed by atoms with Crippen LogP contribution >= 0.6 is 0 Å². The molecule has 0 atom stereocenters. The van der Waals surface area contributed by atoms with E-state index >= 15 is 0 Å². The quantitative estimate of drug-likeness (QED) is 0.670. The zero-order valence-corrected chi connectivity index (χ0v) is 17.2. The van der Waals surface area contributed by atoms with Crippen LogP contribution in [0.15, 0.2) is 30.5 Å². The van der Waals surface area contributed by atoms with Crippen molar-refractivity contribution in [3.8, 4) is 11.8 Å². The summed E-state index contributed by atoms with van der Waals surface area (Å²) in [6, 6.07) is 6.69. The smallest absolute Gasteiger partial charge is 0.421 e. The van der Waals surface area contributed by atoms with E-state index in [4.69, 9.17) is 9.47 Å². The first-order chi connectivity index (χ1) is 12.7. The highest BCUT2D eigenvalue weighted by Crippen LogP contribution is 2.38. The fourth-order valence-corrected chi connectivity index (χ4v) is 2.37. The maximum Gasteiger partial charge on any atom is 0.421 e. The first kappa shape index (κ1) is 21.8. The summed E-state index contributed by atoms with van der Waals surface area (Å²) in [6.45, 7) is 11.0. The number of rotatable bonds is 4. The summed E-state index contributed by atoms with van der Waals surface area (Å²) < 4.78 is 51.9. The predicted molar refractivity (Wildman–Crippen MR) is 102 cm³/mol. The van der Waals surface area contributed by atoms with Crippen LogP contribution in [0.5, 0.6) is 11.8 Å². The molecule has 0 unspecified atom stereocenters. The van der Waals surface area contributed by atoms with Crippen molar-refractivity contribution in [1.29, 1.82) is 0 Å². The Hall–Kier alpha value is -2.51. The number of benzene rings is 1. The normalized spacial score (nSPS) is 12.6. The van der Waals surface area contributed by atoms with Crippen LogP contribution in [0.25, 0.3) is 0 Å². The number of halogens is 3. The predicted octanol–water partition coefficient (Wildman–Crippen LogP) is 5.62. The second-order valence-corrected chi connectivity index (χ2v) is 8.37. The number of hydrogen-bond acceptors (Lipinski definition) is 5. The zero-order chi connectivity index (χ0) is 21.3. The lowest BCUT2D eigenvalue weighted by atomic mass is 10.2. The molecule has 0 radical (unpaired) electrons. The molecule has 2 aromatic rings. The van der Waals surface area contributed by atoms with Crippen LogP contribution < -0.4 is 14.4 Å². The molecule has 0 saturated carbocycles. The van der Waals surface area contributed by atoms with Gasteiger partial charge in [-0.3, -0.25) is 0 Å². The standard InChI is InChI=1S/C20H26F3N3O2/c1-18(2,3)27-14-10-8-9-13(11-14)26(7)16-15(20(21,22)23)12-24-17(25-16)28-19(4,5)6/h8-12H,1-7H3. The molecule has 0 amide bonds. The molecule has 0 aliphatic carbocycles. The third-order valence-electron chi connectivity index (χ3n) is 3.40. The Balaban J connectivity index is 2.49. The van der Waals surface area contributed by atoms with Gasteiger partial charge in [0.1, 0.15) is 22.5 Å². The van der Waals surface area contributed by atoms with Crippen LogP contribution in [0.3, 0.4) is 0 Å². The molecule has 0 saturated heterocycles. The molecule has 154 valence electrons. The van der Waals surface area contributed by atoms with Gasteiger partial charge < -0.3 is 14.4 Å². The Bertz CT molecular complexity index is 825. The fourth-order valence-electron chi connectivity index (χ4n) is 2.37. The van der Waals surface area contributed by atoms with E-state index in [-0.39, 0.29) is 11.8 Å². The molecule has 8 heteroatoms. The van der Waals surface area contributed by atoms with Crippen LogP contribution in [0.1, 0.15) is 47.1 Å². The molecular weight excluding hydrogens is 371 g/mol. The van der Waals surface area contributed by atoms with Crippen LogP contribution in [-0.2, 0) is 6.18 Å². The average Bonchev–Trinajstić information content (AvgIpc) is 2.50. The second-order valence-electron chi connectivity index (χ2n) is 8.37. The Labute approximate surface area is 163 Å². The van der Waals surface area contributed by atoms with Gasteiger partial charge in [0.2, 0.25) is 0 Å². The van der Waals surface area contributed by atoms with Crippen molar-refractivity contribution in [2.45, 2.75) is 58.9 Å². The highest BCUT2D eigenvalue weighted by Gasteiger charge is 2.37. The fraction of sp³-hybridized carbons (Fsp3) is 0.500. The van der Waals surface area contributed by atoms with E-state index in [1.807, 2.05) is 20.8 Å². The molecule has 0 aliphatic heterocycles. The topological polar surface area (TPSA) is 47.5 Å². The van der Waals surface area contributed by atoms with Gasteiger partial charge in [-0.1, -0.05) is 6.07 Å². The minimum absolute atomic E-state index is 0.121. The number of nitrogens with zero attached hydrogens (tertiary/aromatic N) is 3. The van der Waals surface area contributed by atoms with Crippen LogP contribution in [0.2, 0.25) is 0 Å². The molecule has 0 N–H and O–H groups in total. The minimum Gasteiger partial charge on any atom is -0.488 e. The molecule has 0 fully saturated rings. The maximum absolute atomic E-state index is 13.5. The van der Waals surface area contributed by atoms with E-state index < -0.39 is 22.9 Å². The van der Waals surface area contributed by atoms with E-state index in [1.54, 1.807) is 45.0 Å². The second kappa shape index (κ2) is 7.48. The van der Waals surface area contributed by atoms with Gasteiger partial charge in [0.25, 0.3) is 0 Å². The Morgan fingerprint density at radius 1 is 0.929 bits per heavy atom. The molecule has 28 heavy (non-hydrogen) atoms. The van der Waals surface area contributed by atoms with E-state index in [1.165, 1.54) is 11.9 Å². The monoisotopic (exact) mass is 397 g/mol. The lowest BCUT2D eigenvalue weighted by Gasteiger charge is -2.26. The first-order valence-electron chi connectivity index (χ1n) is 8.82. The van der Waals surface area contributed by atoms with Crippen molar-refractivity contribution in [1.82, 2.24) is 9.97 Å². The van der Waals surface area contributed by atoms with Crippen molar-refractivity contribution in [3.63, 3.8) is 0 Å². The third kappa shape index (κ3) is 6.00. The molecule has 1 aromatic carbocycles. The molecular formula is C20H26F3N3O2. The Kier molecular flexibility index (Phi) is 5.82. The van der Waals surface area contributed by atoms with Crippen molar-refractivity contribution in [3.05, 3.63) is 36.0 Å². The molecule has 2 rings (SSSR count). The van der Waals surface area contributed by atoms with E-state index in [2.05, 4.69) is 9.97 Å². The van der Waals surface area contributed by atoms with Gasteiger partial charge in [-0.25, -0.2) is 4.98 Å². The van der Waals surface area contributed by atoms with Crippen molar-refractivity contribution < 1.29 is 22.6 Å². The summed E-state index contributed by atoms with van der Waals surface area (Å²) >= 11 is 0. The molecule has 0 spiro atoms. The van der Waals surface area contributed by atoms with Gasteiger partial charge in [-0.2, -0.15) is 18.2 Å². The number of ether oxygens (including phenoxy) is 2. The minimum atomic E-state index is -4.61. The van der Waals surface area contributed by atoms with Crippen molar-refractivity contribution in [2.75, 3.05) is 11.9 Å².